The molecule has 3 aromatic rings. The van der Waals surface area contributed by atoms with Gasteiger partial charge in [-0.05, 0) is 36.8 Å². The zero-order valence-electron chi connectivity index (χ0n) is 15.1. The molecule has 0 aliphatic carbocycles. The molecule has 0 aliphatic rings. The Morgan fingerprint density at radius 2 is 1.64 bits per heavy atom. The van der Waals surface area contributed by atoms with Gasteiger partial charge in [-0.25, -0.2) is 9.97 Å². The fourth-order valence-electron chi connectivity index (χ4n) is 2.35. The molecule has 0 atom stereocenters. The summed E-state index contributed by atoms with van der Waals surface area (Å²) >= 11 is 0. The Morgan fingerprint density at radius 1 is 0.960 bits per heavy atom. The lowest BCUT2D eigenvalue weighted by molar-refractivity contribution is 0.356. The quantitative estimate of drug-likeness (QED) is 0.684. The van der Waals surface area contributed by atoms with Crippen LogP contribution in [0.4, 0.5) is 11.5 Å². The number of phenolic OH excluding ortho intramolecular Hbond substituents is 1. The summed E-state index contributed by atoms with van der Waals surface area (Å²) in [4.78, 5) is 8.58. The predicted octanol–water partition coefficient (Wildman–Crippen LogP) is 4.43. The van der Waals surface area contributed by atoms with E-state index in [0.717, 1.165) is 22.2 Å². The van der Waals surface area contributed by atoms with Crippen molar-refractivity contribution >= 4 is 22.4 Å². The minimum absolute atomic E-state index is 0.259. The molecule has 1 heterocycles. The van der Waals surface area contributed by atoms with Crippen molar-refractivity contribution in [2.75, 3.05) is 19.5 Å². The molecular formula is C19H23N3O3. The molecule has 3 rings (SSSR count). The van der Waals surface area contributed by atoms with Crippen molar-refractivity contribution in [3.05, 3.63) is 42.2 Å². The molecule has 6 heteroatoms. The molecule has 25 heavy (non-hydrogen) atoms. The van der Waals surface area contributed by atoms with Crippen LogP contribution in [0.3, 0.4) is 0 Å². The SMILES string of the molecule is CC.COc1cc2ncnc(Nc3ccc(O)c(C)c3)c2cc1OC. The molecule has 6 nitrogen and oxygen atoms in total. The number of ether oxygens (including phenoxy) is 2. The summed E-state index contributed by atoms with van der Waals surface area (Å²) in [5.74, 6) is 2.14. The molecule has 1 aromatic heterocycles. The van der Waals surface area contributed by atoms with Gasteiger partial charge < -0.3 is 19.9 Å². The fourth-order valence-corrected chi connectivity index (χ4v) is 2.35. The number of hydrogen-bond acceptors (Lipinski definition) is 6. The molecule has 0 bridgehead atoms. The first-order chi connectivity index (χ1) is 12.1. The number of aromatic nitrogens is 2. The summed E-state index contributed by atoms with van der Waals surface area (Å²) in [6.45, 7) is 5.84. The molecular weight excluding hydrogens is 318 g/mol. The van der Waals surface area contributed by atoms with E-state index >= 15 is 0 Å². The number of methoxy groups -OCH3 is 2. The van der Waals surface area contributed by atoms with Crippen LogP contribution in [0.15, 0.2) is 36.7 Å². The van der Waals surface area contributed by atoms with Crippen molar-refractivity contribution in [1.29, 1.82) is 0 Å². The van der Waals surface area contributed by atoms with Gasteiger partial charge in [-0.3, -0.25) is 0 Å². The van der Waals surface area contributed by atoms with Gasteiger partial charge in [0.15, 0.2) is 11.5 Å². The van der Waals surface area contributed by atoms with Crippen LogP contribution in [-0.4, -0.2) is 29.3 Å². The summed E-state index contributed by atoms with van der Waals surface area (Å²) in [5, 5.41) is 13.7. The fraction of sp³-hybridized carbons (Fsp3) is 0.263. The minimum Gasteiger partial charge on any atom is -0.508 e. The summed E-state index contributed by atoms with van der Waals surface area (Å²) < 4.78 is 10.6. The Hall–Kier alpha value is -3.02. The number of nitrogens with one attached hydrogen (secondary N) is 1. The summed E-state index contributed by atoms with van der Waals surface area (Å²) in [6.07, 6.45) is 1.49. The van der Waals surface area contributed by atoms with Crippen molar-refractivity contribution < 1.29 is 14.6 Å². The van der Waals surface area contributed by atoms with E-state index in [1.54, 1.807) is 26.4 Å². The van der Waals surface area contributed by atoms with Gasteiger partial charge in [-0.2, -0.15) is 0 Å². The molecule has 0 spiro atoms. The van der Waals surface area contributed by atoms with Crippen molar-refractivity contribution in [3.8, 4) is 17.2 Å². The molecule has 0 unspecified atom stereocenters. The predicted molar refractivity (Wildman–Crippen MR) is 100 cm³/mol. The van der Waals surface area contributed by atoms with Crippen molar-refractivity contribution in [3.63, 3.8) is 0 Å². The Bertz CT molecular complexity index is 866. The van der Waals surface area contributed by atoms with Crippen LogP contribution in [-0.2, 0) is 0 Å². The standard InChI is InChI=1S/C17H17N3O3.C2H6/c1-10-6-11(4-5-14(10)21)20-17-12-7-15(22-2)16(23-3)8-13(12)18-9-19-17;1-2/h4-9,21H,1-3H3,(H,18,19,20);1-2H3. The zero-order valence-corrected chi connectivity index (χ0v) is 15.1. The molecule has 0 amide bonds. The monoisotopic (exact) mass is 341 g/mol. The molecule has 0 fully saturated rings. The number of nitrogens with zero attached hydrogens (tertiary/aromatic N) is 2. The Morgan fingerprint density at radius 3 is 2.28 bits per heavy atom. The van der Waals surface area contributed by atoms with E-state index in [-0.39, 0.29) is 5.75 Å². The van der Waals surface area contributed by atoms with Crippen LogP contribution in [0.2, 0.25) is 0 Å². The van der Waals surface area contributed by atoms with E-state index < -0.39 is 0 Å². The van der Waals surface area contributed by atoms with Crippen LogP contribution in [0.1, 0.15) is 19.4 Å². The molecule has 2 aromatic carbocycles. The lowest BCUT2D eigenvalue weighted by atomic mass is 10.2. The number of fused-ring (bicyclic) bond motifs is 1. The van der Waals surface area contributed by atoms with Crippen molar-refractivity contribution in [2.45, 2.75) is 20.8 Å². The lowest BCUT2D eigenvalue weighted by Crippen LogP contribution is -1.98. The van der Waals surface area contributed by atoms with Gasteiger partial charge in [-0.15, -0.1) is 0 Å². The highest BCUT2D eigenvalue weighted by Crippen LogP contribution is 2.34. The average Bonchev–Trinajstić information content (AvgIpc) is 2.65. The van der Waals surface area contributed by atoms with E-state index in [1.165, 1.54) is 6.33 Å². The van der Waals surface area contributed by atoms with Gasteiger partial charge in [0.25, 0.3) is 0 Å². The Labute approximate surface area is 147 Å². The maximum Gasteiger partial charge on any atom is 0.162 e. The third-order valence-corrected chi connectivity index (χ3v) is 3.60. The normalized spacial score (nSPS) is 9.96. The number of phenols is 1. The topological polar surface area (TPSA) is 76.5 Å². The molecule has 0 saturated carbocycles. The van der Waals surface area contributed by atoms with Crippen molar-refractivity contribution in [1.82, 2.24) is 9.97 Å². The zero-order chi connectivity index (χ0) is 18.4. The number of benzene rings is 2. The van der Waals surface area contributed by atoms with E-state index in [9.17, 15) is 5.11 Å². The third-order valence-electron chi connectivity index (χ3n) is 3.60. The Balaban J connectivity index is 0.00000109. The van der Waals surface area contributed by atoms with Gasteiger partial charge in [0.1, 0.15) is 17.9 Å². The largest absolute Gasteiger partial charge is 0.508 e. The highest BCUT2D eigenvalue weighted by Gasteiger charge is 2.11. The number of hydrogen-bond donors (Lipinski definition) is 2. The second kappa shape index (κ2) is 8.19. The number of aromatic hydroxyl groups is 1. The molecule has 0 saturated heterocycles. The smallest absolute Gasteiger partial charge is 0.162 e. The van der Waals surface area contributed by atoms with E-state index in [0.29, 0.717) is 17.3 Å². The van der Waals surface area contributed by atoms with E-state index in [1.807, 2.05) is 39.0 Å². The second-order valence-electron chi connectivity index (χ2n) is 5.07. The van der Waals surface area contributed by atoms with Crippen LogP contribution in [0, 0.1) is 6.92 Å². The highest BCUT2D eigenvalue weighted by atomic mass is 16.5. The lowest BCUT2D eigenvalue weighted by Gasteiger charge is -2.12. The van der Waals surface area contributed by atoms with Crippen LogP contribution < -0.4 is 14.8 Å². The maximum absolute atomic E-state index is 9.62. The molecule has 2 N–H and O–H groups in total. The van der Waals surface area contributed by atoms with Crippen molar-refractivity contribution in [2.24, 2.45) is 0 Å². The first-order valence-corrected chi connectivity index (χ1v) is 8.05. The van der Waals surface area contributed by atoms with E-state index in [4.69, 9.17) is 9.47 Å². The molecule has 0 radical (unpaired) electrons. The van der Waals surface area contributed by atoms with E-state index in [2.05, 4.69) is 15.3 Å². The summed E-state index contributed by atoms with van der Waals surface area (Å²) in [7, 11) is 3.17. The number of anilines is 2. The van der Waals surface area contributed by atoms with Crippen LogP contribution in [0.25, 0.3) is 10.9 Å². The van der Waals surface area contributed by atoms with Gasteiger partial charge in [-0.1, -0.05) is 13.8 Å². The summed E-state index contributed by atoms with van der Waals surface area (Å²) in [6, 6.07) is 8.93. The van der Waals surface area contributed by atoms with Gasteiger partial charge in [0.2, 0.25) is 0 Å². The maximum atomic E-state index is 9.62. The van der Waals surface area contributed by atoms with Crippen LogP contribution >= 0.6 is 0 Å². The number of aryl methyl sites for hydroxylation is 1. The highest BCUT2D eigenvalue weighted by molar-refractivity contribution is 5.93. The number of rotatable bonds is 4. The molecule has 0 aliphatic heterocycles. The van der Waals surface area contributed by atoms with Gasteiger partial charge in [0, 0.05) is 17.1 Å². The summed E-state index contributed by atoms with van der Waals surface area (Å²) in [5.41, 5.74) is 2.36. The third kappa shape index (κ3) is 3.91. The molecule has 132 valence electrons. The Kier molecular flexibility index (Phi) is 6.00. The van der Waals surface area contributed by atoms with Gasteiger partial charge >= 0.3 is 0 Å². The average molecular weight is 341 g/mol. The van der Waals surface area contributed by atoms with Gasteiger partial charge in [0.05, 0.1) is 19.7 Å². The first kappa shape index (κ1) is 18.3. The second-order valence-corrected chi connectivity index (χ2v) is 5.07. The first-order valence-electron chi connectivity index (χ1n) is 8.05. The minimum atomic E-state index is 0.259. The van der Waals surface area contributed by atoms with Crippen LogP contribution in [0.5, 0.6) is 17.2 Å².